The van der Waals surface area contributed by atoms with Crippen LogP contribution < -0.4 is 10.2 Å². The van der Waals surface area contributed by atoms with Gasteiger partial charge >= 0.3 is 0 Å². The van der Waals surface area contributed by atoms with Crippen LogP contribution in [-0.4, -0.2) is 28.3 Å². The van der Waals surface area contributed by atoms with Crippen molar-refractivity contribution in [2.45, 2.75) is 13.8 Å². The first kappa shape index (κ1) is 20.6. The molecule has 156 valence electrons. The van der Waals surface area contributed by atoms with Crippen molar-refractivity contribution in [2.24, 2.45) is 5.10 Å². The Morgan fingerprint density at radius 1 is 1.16 bits per heavy atom. The van der Waals surface area contributed by atoms with Gasteiger partial charge < -0.3 is 9.30 Å². The van der Waals surface area contributed by atoms with E-state index in [0.29, 0.717) is 10.8 Å². The Kier molecular flexibility index (Phi) is 6.00. The molecule has 4 rings (SSSR count). The fourth-order valence-corrected chi connectivity index (χ4v) is 3.62. The van der Waals surface area contributed by atoms with Crippen molar-refractivity contribution in [2.75, 3.05) is 6.61 Å². The monoisotopic (exact) mass is 432 g/mol. The first-order chi connectivity index (χ1) is 15.0. The fourth-order valence-electron chi connectivity index (χ4n) is 3.43. The van der Waals surface area contributed by atoms with E-state index in [4.69, 9.17) is 16.3 Å². The molecule has 1 N–H and O–H groups in total. The Hall–Kier alpha value is -3.64. The number of aryl methyl sites for hydroxylation is 1. The molecule has 1 amide bonds. The number of halogens is 1. The van der Waals surface area contributed by atoms with Crippen LogP contribution in [0.4, 0.5) is 0 Å². The molecule has 0 radical (unpaired) electrons. The predicted octanol–water partition coefficient (Wildman–Crippen LogP) is 4.82. The van der Waals surface area contributed by atoms with Crippen molar-refractivity contribution in [3.63, 3.8) is 0 Å². The quantitative estimate of drug-likeness (QED) is 0.350. The zero-order chi connectivity index (χ0) is 21.8. The van der Waals surface area contributed by atoms with Crippen molar-refractivity contribution in [3.8, 4) is 11.4 Å². The van der Waals surface area contributed by atoms with Gasteiger partial charge in [-0.05, 0) is 56.3 Å². The zero-order valence-corrected chi connectivity index (χ0v) is 17.9. The lowest BCUT2D eigenvalue weighted by molar-refractivity contribution is -0.123. The number of nitrogens with zero attached hydrogens (tertiary/aromatic N) is 3. The topological polar surface area (TPSA) is 68.5 Å². The number of aromatic nitrogens is 2. The Morgan fingerprint density at radius 2 is 2.00 bits per heavy atom. The standard InChI is InChI=1S/C24H21ClN4O2/c1-16-12-19(14-27-28-24(30)15-31-23-8-4-3-7-21(23)25)17(2)29(16)20-9-10-22-18(13-20)6-5-11-26-22/h3-14H,15H2,1-2H3,(H,28,30)/b27-14+. The van der Waals surface area contributed by atoms with Crippen LogP contribution in [0.15, 0.2) is 72.0 Å². The van der Waals surface area contributed by atoms with E-state index >= 15 is 0 Å². The molecule has 0 unspecified atom stereocenters. The molecule has 0 bridgehead atoms. The van der Waals surface area contributed by atoms with Crippen molar-refractivity contribution in [1.82, 2.24) is 15.0 Å². The van der Waals surface area contributed by atoms with Gasteiger partial charge in [-0.2, -0.15) is 5.10 Å². The number of fused-ring (bicyclic) bond motifs is 1. The maximum absolute atomic E-state index is 12.0. The number of carbonyl (C=O) groups is 1. The Labute approximate surface area is 185 Å². The molecule has 0 aliphatic heterocycles. The van der Waals surface area contributed by atoms with E-state index in [1.165, 1.54) is 0 Å². The van der Waals surface area contributed by atoms with Gasteiger partial charge in [0.2, 0.25) is 0 Å². The summed E-state index contributed by atoms with van der Waals surface area (Å²) in [5, 5.41) is 5.61. The van der Waals surface area contributed by atoms with E-state index < -0.39 is 0 Å². The van der Waals surface area contributed by atoms with Gasteiger partial charge in [-0.3, -0.25) is 9.78 Å². The molecule has 0 fully saturated rings. The largest absolute Gasteiger partial charge is 0.482 e. The molecule has 0 saturated heterocycles. The van der Waals surface area contributed by atoms with E-state index in [-0.39, 0.29) is 12.5 Å². The average molecular weight is 433 g/mol. The van der Waals surface area contributed by atoms with Gasteiger partial charge in [0.1, 0.15) is 5.75 Å². The fraction of sp³-hybridized carbons (Fsp3) is 0.125. The molecule has 2 heterocycles. The number of pyridine rings is 1. The van der Waals surface area contributed by atoms with Crippen LogP contribution >= 0.6 is 11.6 Å². The van der Waals surface area contributed by atoms with E-state index in [1.54, 1.807) is 36.7 Å². The van der Waals surface area contributed by atoms with Gasteiger partial charge in [0.05, 0.1) is 16.8 Å². The van der Waals surface area contributed by atoms with E-state index in [2.05, 4.69) is 26.1 Å². The van der Waals surface area contributed by atoms with Crippen LogP contribution in [0, 0.1) is 13.8 Å². The lowest BCUT2D eigenvalue weighted by atomic mass is 10.2. The number of benzene rings is 2. The highest BCUT2D eigenvalue weighted by Gasteiger charge is 2.10. The minimum Gasteiger partial charge on any atom is -0.482 e. The van der Waals surface area contributed by atoms with Crippen LogP contribution in [-0.2, 0) is 4.79 Å². The first-order valence-electron chi connectivity index (χ1n) is 9.76. The number of amides is 1. The Balaban J connectivity index is 1.45. The minimum absolute atomic E-state index is 0.175. The van der Waals surface area contributed by atoms with Crippen LogP contribution in [0.5, 0.6) is 5.75 Å². The summed E-state index contributed by atoms with van der Waals surface area (Å²) in [7, 11) is 0. The number of hydrogen-bond acceptors (Lipinski definition) is 4. The lowest BCUT2D eigenvalue weighted by Crippen LogP contribution is -2.24. The molecular formula is C24H21ClN4O2. The summed E-state index contributed by atoms with van der Waals surface area (Å²) in [5.74, 6) is 0.0874. The summed E-state index contributed by atoms with van der Waals surface area (Å²) >= 11 is 6.02. The molecular weight excluding hydrogens is 412 g/mol. The van der Waals surface area contributed by atoms with Crippen LogP contribution in [0.1, 0.15) is 17.0 Å². The van der Waals surface area contributed by atoms with Crippen molar-refractivity contribution in [3.05, 3.63) is 88.8 Å². The van der Waals surface area contributed by atoms with E-state index in [9.17, 15) is 4.79 Å². The summed E-state index contributed by atoms with van der Waals surface area (Å²) in [6.45, 7) is 3.88. The summed E-state index contributed by atoms with van der Waals surface area (Å²) in [5.41, 5.74) is 7.49. The third-order valence-electron chi connectivity index (χ3n) is 4.90. The van der Waals surface area contributed by atoms with E-state index in [0.717, 1.165) is 33.5 Å². The number of rotatable bonds is 6. The highest BCUT2D eigenvalue weighted by atomic mass is 35.5. The zero-order valence-electron chi connectivity index (χ0n) is 17.2. The molecule has 0 spiro atoms. The number of nitrogens with one attached hydrogen (secondary N) is 1. The van der Waals surface area contributed by atoms with Crippen LogP contribution in [0.3, 0.4) is 0 Å². The molecule has 0 atom stereocenters. The smallest absolute Gasteiger partial charge is 0.277 e. The van der Waals surface area contributed by atoms with Gasteiger partial charge in [-0.15, -0.1) is 0 Å². The Bertz CT molecular complexity index is 1280. The van der Waals surface area contributed by atoms with Crippen molar-refractivity contribution in [1.29, 1.82) is 0 Å². The molecule has 2 aromatic heterocycles. The SMILES string of the molecule is Cc1cc(/C=N/NC(=O)COc2ccccc2Cl)c(C)n1-c1ccc2ncccc2c1. The normalized spacial score (nSPS) is 11.2. The van der Waals surface area contributed by atoms with E-state index in [1.807, 2.05) is 44.2 Å². The lowest BCUT2D eigenvalue weighted by Gasteiger charge is -2.10. The average Bonchev–Trinajstić information content (AvgIpc) is 3.06. The molecule has 4 aromatic rings. The molecule has 31 heavy (non-hydrogen) atoms. The van der Waals surface area contributed by atoms with Gasteiger partial charge in [0, 0.05) is 34.2 Å². The summed E-state index contributed by atoms with van der Waals surface area (Å²) in [6.07, 6.45) is 3.42. The molecule has 7 heteroatoms. The predicted molar refractivity (Wildman–Crippen MR) is 123 cm³/mol. The van der Waals surface area contributed by atoms with Gasteiger partial charge in [-0.25, -0.2) is 5.43 Å². The molecule has 2 aromatic carbocycles. The summed E-state index contributed by atoms with van der Waals surface area (Å²) in [4.78, 5) is 16.4. The number of hydrazone groups is 1. The second kappa shape index (κ2) is 9.02. The number of carbonyl (C=O) groups excluding carboxylic acids is 1. The number of ether oxygens (including phenoxy) is 1. The van der Waals surface area contributed by atoms with Gasteiger partial charge in [0.15, 0.2) is 6.61 Å². The molecule has 0 aliphatic carbocycles. The highest BCUT2D eigenvalue weighted by molar-refractivity contribution is 6.32. The maximum Gasteiger partial charge on any atom is 0.277 e. The Morgan fingerprint density at radius 3 is 2.84 bits per heavy atom. The van der Waals surface area contributed by atoms with Crippen molar-refractivity contribution >= 4 is 34.6 Å². The highest BCUT2D eigenvalue weighted by Crippen LogP contribution is 2.24. The second-order valence-corrected chi connectivity index (χ2v) is 7.46. The second-order valence-electron chi connectivity index (χ2n) is 7.05. The van der Waals surface area contributed by atoms with Gasteiger partial charge in [-0.1, -0.05) is 29.8 Å². The summed E-state index contributed by atoms with van der Waals surface area (Å²) < 4.78 is 7.56. The maximum atomic E-state index is 12.0. The third kappa shape index (κ3) is 4.59. The van der Waals surface area contributed by atoms with Crippen molar-refractivity contribution < 1.29 is 9.53 Å². The molecule has 6 nitrogen and oxygen atoms in total. The summed E-state index contributed by atoms with van der Waals surface area (Å²) in [6, 6.07) is 19.2. The van der Waals surface area contributed by atoms with Crippen LogP contribution in [0.2, 0.25) is 5.02 Å². The molecule has 0 aliphatic rings. The molecule has 0 saturated carbocycles. The number of hydrogen-bond donors (Lipinski definition) is 1. The first-order valence-corrected chi connectivity index (χ1v) is 10.1. The van der Waals surface area contributed by atoms with Crippen LogP contribution in [0.25, 0.3) is 16.6 Å². The van der Waals surface area contributed by atoms with Gasteiger partial charge in [0.25, 0.3) is 5.91 Å². The number of para-hydroxylation sites is 1. The minimum atomic E-state index is -0.369. The third-order valence-corrected chi connectivity index (χ3v) is 5.22.